The molecule has 9 heteroatoms. The summed E-state index contributed by atoms with van der Waals surface area (Å²) in [6.45, 7) is 5.21. The summed E-state index contributed by atoms with van der Waals surface area (Å²) in [5.41, 5.74) is 4.68. The van der Waals surface area contributed by atoms with Crippen molar-refractivity contribution >= 4 is 48.2 Å². The number of anilines is 1. The first-order valence-corrected chi connectivity index (χ1v) is 12.8. The Labute approximate surface area is 185 Å². The molecule has 162 valence electrons. The Kier molecular flexibility index (Phi) is 5.66. The molecule has 1 fully saturated rings. The van der Waals surface area contributed by atoms with E-state index in [1.807, 2.05) is 12.3 Å². The Morgan fingerprint density at radius 1 is 1.06 bits per heavy atom. The van der Waals surface area contributed by atoms with Gasteiger partial charge in [0, 0.05) is 55.5 Å². The topological polar surface area (TPSA) is 81.3 Å². The van der Waals surface area contributed by atoms with Gasteiger partial charge in [-0.25, -0.2) is 18.1 Å². The fourth-order valence-corrected chi connectivity index (χ4v) is 6.23. The number of piperazine rings is 1. The summed E-state index contributed by atoms with van der Waals surface area (Å²) in [6.07, 6.45) is 2.76. The number of para-hydroxylation sites is 1. The van der Waals surface area contributed by atoms with Crippen molar-refractivity contribution in [3.8, 4) is 0 Å². The van der Waals surface area contributed by atoms with Crippen LogP contribution in [0.5, 0.6) is 0 Å². The van der Waals surface area contributed by atoms with Gasteiger partial charge in [-0.1, -0.05) is 12.1 Å². The second kappa shape index (κ2) is 8.58. The number of aromatic amines is 1. The minimum Gasteiger partial charge on any atom is -0.368 e. The lowest BCUT2D eigenvalue weighted by Gasteiger charge is -2.36. The molecule has 1 aliphatic rings. The molecule has 0 atom stereocenters. The molecule has 0 aliphatic carbocycles. The summed E-state index contributed by atoms with van der Waals surface area (Å²) in [5, 5.41) is 1.26. The second-order valence-corrected chi connectivity index (χ2v) is 10.4. The van der Waals surface area contributed by atoms with E-state index in [9.17, 15) is 8.42 Å². The number of hydrogen-bond donors (Lipinski definition) is 2. The van der Waals surface area contributed by atoms with E-state index in [-0.39, 0.29) is 4.90 Å². The zero-order valence-corrected chi connectivity index (χ0v) is 18.8. The predicted octanol–water partition coefficient (Wildman–Crippen LogP) is 3.27. The number of rotatable bonds is 7. The van der Waals surface area contributed by atoms with E-state index < -0.39 is 10.0 Å². The van der Waals surface area contributed by atoms with Crippen molar-refractivity contribution < 1.29 is 8.42 Å². The minimum atomic E-state index is -3.56. The fourth-order valence-electron chi connectivity index (χ4n) is 4.22. The SMILES string of the molecule is O=S(=O)(NCCCN1CCN(c2cccc3[nH]ccc23)CC1)c1cccc2scnc12. The van der Waals surface area contributed by atoms with Crippen LogP contribution in [0.15, 0.2) is 59.1 Å². The molecule has 3 heterocycles. The van der Waals surface area contributed by atoms with Crippen LogP contribution in [0, 0.1) is 0 Å². The largest absolute Gasteiger partial charge is 0.368 e. The summed E-state index contributed by atoms with van der Waals surface area (Å²) < 4.78 is 29.1. The van der Waals surface area contributed by atoms with Gasteiger partial charge in [0.15, 0.2) is 0 Å². The van der Waals surface area contributed by atoms with Gasteiger partial charge in [0.2, 0.25) is 10.0 Å². The maximum atomic E-state index is 12.7. The van der Waals surface area contributed by atoms with Crippen molar-refractivity contribution in [1.29, 1.82) is 0 Å². The second-order valence-electron chi connectivity index (χ2n) is 7.75. The van der Waals surface area contributed by atoms with E-state index in [0.29, 0.717) is 12.1 Å². The normalized spacial score (nSPS) is 15.8. The molecule has 0 bridgehead atoms. The number of hydrogen-bond acceptors (Lipinski definition) is 6. The summed E-state index contributed by atoms with van der Waals surface area (Å²) in [6, 6.07) is 13.8. The molecule has 1 saturated heterocycles. The van der Waals surface area contributed by atoms with Crippen LogP contribution in [0.1, 0.15) is 6.42 Å². The molecule has 0 radical (unpaired) electrons. The van der Waals surface area contributed by atoms with Crippen molar-refractivity contribution in [3.63, 3.8) is 0 Å². The van der Waals surface area contributed by atoms with E-state index in [1.54, 1.807) is 17.6 Å². The highest BCUT2D eigenvalue weighted by Gasteiger charge is 2.20. The van der Waals surface area contributed by atoms with Crippen LogP contribution in [-0.4, -0.2) is 62.6 Å². The first-order chi connectivity index (χ1) is 15.1. The Hall–Kier alpha value is -2.46. The van der Waals surface area contributed by atoms with Gasteiger partial charge in [-0.15, -0.1) is 11.3 Å². The Morgan fingerprint density at radius 2 is 1.90 bits per heavy atom. The first kappa shape index (κ1) is 20.4. The number of fused-ring (bicyclic) bond motifs is 2. The van der Waals surface area contributed by atoms with Gasteiger partial charge in [-0.2, -0.15) is 0 Å². The van der Waals surface area contributed by atoms with Gasteiger partial charge in [-0.3, -0.25) is 4.90 Å². The zero-order valence-electron chi connectivity index (χ0n) is 17.1. The highest BCUT2D eigenvalue weighted by atomic mass is 32.2. The van der Waals surface area contributed by atoms with Gasteiger partial charge < -0.3 is 9.88 Å². The van der Waals surface area contributed by atoms with Crippen LogP contribution < -0.4 is 9.62 Å². The molecular formula is C22H25N5O2S2. The van der Waals surface area contributed by atoms with Crippen LogP contribution in [0.25, 0.3) is 21.1 Å². The number of aromatic nitrogens is 2. The van der Waals surface area contributed by atoms with Gasteiger partial charge >= 0.3 is 0 Å². The monoisotopic (exact) mass is 455 g/mol. The first-order valence-electron chi connectivity index (χ1n) is 10.5. The van der Waals surface area contributed by atoms with Crippen molar-refractivity contribution in [2.24, 2.45) is 0 Å². The standard InChI is InChI=1S/C22H25N5O2S2/c28-31(29,21-7-2-6-20-22(21)24-16-30-20)25-9-3-11-26-12-14-27(15-13-26)19-5-1-4-18-17(19)8-10-23-18/h1-2,4-8,10,16,23,25H,3,9,11-15H2. The van der Waals surface area contributed by atoms with Crippen LogP contribution in [0.4, 0.5) is 5.69 Å². The molecule has 31 heavy (non-hydrogen) atoms. The lowest BCUT2D eigenvalue weighted by Crippen LogP contribution is -2.47. The van der Waals surface area contributed by atoms with Crippen LogP contribution >= 0.6 is 11.3 Å². The quantitative estimate of drug-likeness (QED) is 0.418. The number of sulfonamides is 1. The Balaban J connectivity index is 1.12. The third-order valence-electron chi connectivity index (χ3n) is 5.84. The van der Waals surface area contributed by atoms with Gasteiger partial charge in [0.25, 0.3) is 0 Å². The molecule has 4 aromatic rings. The van der Waals surface area contributed by atoms with Crippen LogP contribution in [-0.2, 0) is 10.0 Å². The summed E-state index contributed by atoms with van der Waals surface area (Å²) in [4.78, 5) is 12.6. The van der Waals surface area contributed by atoms with E-state index >= 15 is 0 Å². The lowest BCUT2D eigenvalue weighted by atomic mass is 10.1. The molecule has 0 saturated carbocycles. The van der Waals surface area contributed by atoms with E-state index in [4.69, 9.17) is 0 Å². The molecule has 0 unspecified atom stereocenters. The summed E-state index contributed by atoms with van der Waals surface area (Å²) in [5.74, 6) is 0. The van der Waals surface area contributed by atoms with E-state index in [1.165, 1.54) is 27.9 Å². The minimum absolute atomic E-state index is 0.263. The molecule has 7 nitrogen and oxygen atoms in total. The van der Waals surface area contributed by atoms with Crippen molar-refractivity contribution in [2.75, 3.05) is 44.2 Å². The Bertz CT molecular complexity index is 1290. The summed E-state index contributed by atoms with van der Waals surface area (Å²) >= 11 is 1.45. The maximum Gasteiger partial charge on any atom is 0.242 e. The number of nitrogens with one attached hydrogen (secondary N) is 2. The fraction of sp³-hybridized carbons (Fsp3) is 0.318. The maximum absolute atomic E-state index is 12.7. The molecule has 2 aromatic heterocycles. The summed E-state index contributed by atoms with van der Waals surface area (Å²) in [7, 11) is -3.56. The highest BCUT2D eigenvalue weighted by Crippen LogP contribution is 2.27. The number of nitrogens with zero attached hydrogens (tertiary/aromatic N) is 3. The third-order valence-corrected chi connectivity index (χ3v) is 8.13. The molecule has 0 spiro atoms. The van der Waals surface area contributed by atoms with Crippen molar-refractivity contribution in [3.05, 3.63) is 54.2 Å². The van der Waals surface area contributed by atoms with Crippen molar-refractivity contribution in [2.45, 2.75) is 11.3 Å². The highest BCUT2D eigenvalue weighted by molar-refractivity contribution is 7.89. The number of thiazole rings is 1. The van der Waals surface area contributed by atoms with Crippen molar-refractivity contribution in [1.82, 2.24) is 19.6 Å². The smallest absolute Gasteiger partial charge is 0.242 e. The van der Waals surface area contributed by atoms with Crippen LogP contribution in [0.3, 0.4) is 0 Å². The van der Waals surface area contributed by atoms with E-state index in [0.717, 1.165) is 43.8 Å². The average Bonchev–Trinajstić information content (AvgIpc) is 3.46. The van der Waals surface area contributed by atoms with Gasteiger partial charge in [0.05, 0.1) is 10.2 Å². The predicted molar refractivity (Wildman–Crippen MR) is 126 cm³/mol. The zero-order chi connectivity index (χ0) is 21.3. The molecule has 1 aliphatic heterocycles. The molecule has 2 N–H and O–H groups in total. The molecule has 2 aromatic carbocycles. The average molecular weight is 456 g/mol. The molecular weight excluding hydrogens is 430 g/mol. The number of H-pyrrole nitrogens is 1. The number of benzene rings is 2. The van der Waals surface area contributed by atoms with Crippen LogP contribution in [0.2, 0.25) is 0 Å². The third kappa shape index (κ3) is 4.18. The van der Waals surface area contributed by atoms with E-state index in [2.05, 4.69) is 48.8 Å². The molecule has 0 amide bonds. The van der Waals surface area contributed by atoms with Gasteiger partial charge in [0.1, 0.15) is 10.4 Å². The molecule has 5 rings (SSSR count). The lowest BCUT2D eigenvalue weighted by molar-refractivity contribution is 0.255. The Morgan fingerprint density at radius 3 is 2.77 bits per heavy atom. The van der Waals surface area contributed by atoms with Gasteiger partial charge in [-0.05, 0) is 43.3 Å².